The van der Waals surface area contributed by atoms with Gasteiger partial charge >= 0.3 is 0 Å². The Labute approximate surface area is 187 Å². The molecule has 2 aromatic carbocycles. The maximum atomic E-state index is 12.6. The van der Waals surface area contributed by atoms with E-state index >= 15 is 0 Å². The first-order valence-electron chi connectivity index (χ1n) is 10.6. The number of hydrogen-bond acceptors (Lipinski definition) is 7. The van der Waals surface area contributed by atoms with Crippen LogP contribution in [0.2, 0.25) is 0 Å². The van der Waals surface area contributed by atoms with Crippen molar-refractivity contribution in [1.82, 2.24) is 15.0 Å². The summed E-state index contributed by atoms with van der Waals surface area (Å²) in [5, 5.41) is 4.14. The average molecular weight is 437 g/mol. The molecule has 1 aromatic heterocycles. The number of carbonyl (C=O) groups excluding carboxylic acids is 1. The first-order chi connectivity index (χ1) is 15.4. The SMILES string of the molecule is COc1cc(OC)cc(-c2nc(C3CC(=O)N(Cc4ccc(OC(C)C)cc4)C3)no2)c1. The molecule has 0 spiro atoms. The van der Waals surface area contributed by atoms with Crippen molar-refractivity contribution >= 4 is 5.91 Å². The molecule has 1 saturated heterocycles. The van der Waals surface area contributed by atoms with Gasteiger partial charge in [0.05, 0.1) is 20.3 Å². The van der Waals surface area contributed by atoms with Gasteiger partial charge in [0.1, 0.15) is 17.2 Å². The Bertz CT molecular complexity index is 1060. The summed E-state index contributed by atoms with van der Waals surface area (Å²) in [5.41, 5.74) is 1.75. The minimum absolute atomic E-state index is 0.0758. The minimum Gasteiger partial charge on any atom is -0.497 e. The first kappa shape index (κ1) is 21.7. The molecule has 3 aromatic rings. The van der Waals surface area contributed by atoms with Crippen LogP contribution in [0, 0.1) is 0 Å². The van der Waals surface area contributed by atoms with Gasteiger partial charge in [0, 0.05) is 37.1 Å². The smallest absolute Gasteiger partial charge is 0.258 e. The molecule has 1 aliphatic heterocycles. The van der Waals surface area contributed by atoms with Gasteiger partial charge in [-0.1, -0.05) is 17.3 Å². The van der Waals surface area contributed by atoms with E-state index in [0.717, 1.165) is 11.3 Å². The monoisotopic (exact) mass is 437 g/mol. The van der Waals surface area contributed by atoms with Crippen LogP contribution in [0.15, 0.2) is 47.0 Å². The molecule has 8 nitrogen and oxygen atoms in total. The van der Waals surface area contributed by atoms with Crippen molar-refractivity contribution in [2.45, 2.75) is 38.8 Å². The standard InChI is InChI=1S/C24H27N3O5/c1-15(2)31-19-7-5-16(6-8-19)13-27-14-18(11-22(27)28)23-25-24(32-26-23)17-9-20(29-3)12-21(10-17)30-4/h5-10,12,15,18H,11,13-14H2,1-4H3. The van der Waals surface area contributed by atoms with Crippen LogP contribution in [-0.2, 0) is 11.3 Å². The van der Waals surface area contributed by atoms with Crippen LogP contribution in [0.3, 0.4) is 0 Å². The molecule has 0 N–H and O–H groups in total. The van der Waals surface area contributed by atoms with Crippen molar-refractivity contribution in [1.29, 1.82) is 0 Å². The normalized spacial score (nSPS) is 16.0. The minimum atomic E-state index is -0.115. The highest BCUT2D eigenvalue weighted by Gasteiger charge is 2.33. The molecule has 8 heteroatoms. The molecular formula is C24H27N3O5. The van der Waals surface area contributed by atoms with E-state index in [2.05, 4.69) is 10.1 Å². The molecule has 32 heavy (non-hydrogen) atoms. The zero-order chi connectivity index (χ0) is 22.7. The number of nitrogens with zero attached hydrogens (tertiary/aromatic N) is 3. The Morgan fingerprint density at radius 2 is 1.75 bits per heavy atom. The quantitative estimate of drug-likeness (QED) is 0.525. The van der Waals surface area contributed by atoms with Crippen molar-refractivity contribution in [3.8, 4) is 28.7 Å². The predicted molar refractivity (Wildman–Crippen MR) is 118 cm³/mol. The van der Waals surface area contributed by atoms with Crippen molar-refractivity contribution in [2.75, 3.05) is 20.8 Å². The van der Waals surface area contributed by atoms with Crippen molar-refractivity contribution in [3.63, 3.8) is 0 Å². The number of hydrogen-bond donors (Lipinski definition) is 0. The third-order valence-corrected chi connectivity index (χ3v) is 5.29. The number of amides is 1. The lowest BCUT2D eigenvalue weighted by Gasteiger charge is -2.17. The first-order valence-corrected chi connectivity index (χ1v) is 10.6. The maximum Gasteiger partial charge on any atom is 0.258 e. The van der Waals surface area contributed by atoms with Crippen molar-refractivity contribution in [3.05, 3.63) is 53.9 Å². The zero-order valence-corrected chi connectivity index (χ0v) is 18.7. The van der Waals surface area contributed by atoms with Crippen LogP contribution in [0.25, 0.3) is 11.5 Å². The fourth-order valence-corrected chi connectivity index (χ4v) is 3.71. The van der Waals surface area contributed by atoms with E-state index in [4.69, 9.17) is 18.7 Å². The van der Waals surface area contributed by atoms with E-state index in [-0.39, 0.29) is 17.9 Å². The Morgan fingerprint density at radius 1 is 1.06 bits per heavy atom. The van der Waals surface area contributed by atoms with Crippen molar-refractivity contribution < 1.29 is 23.5 Å². The van der Waals surface area contributed by atoms with Crippen LogP contribution < -0.4 is 14.2 Å². The van der Waals surface area contributed by atoms with Gasteiger partial charge in [-0.2, -0.15) is 4.98 Å². The topological polar surface area (TPSA) is 86.9 Å². The highest BCUT2D eigenvalue weighted by Crippen LogP contribution is 2.32. The second-order valence-electron chi connectivity index (χ2n) is 8.04. The van der Waals surface area contributed by atoms with Gasteiger partial charge in [0.25, 0.3) is 5.89 Å². The number of benzene rings is 2. The number of ether oxygens (including phenoxy) is 3. The van der Waals surface area contributed by atoms with Gasteiger partial charge in [-0.25, -0.2) is 0 Å². The van der Waals surface area contributed by atoms with Gasteiger partial charge in [0.15, 0.2) is 5.82 Å². The molecule has 168 valence electrons. The largest absolute Gasteiger partial charge is 0.497 e. The molecule has 0 aliphatic carbocycles. The van der Waals surface area contributed by atoms with E-state index in [0.29, 0.717) is 48.3 Å². The average Bonchev–Trinajstić information content (AvgIpc) is 3.41. The summed E-state index contributed by atoms with van der Waals surface area (Å²) in [6.07, 6.45) is 0.481. The number of carbonyl (C=O) groups is 1. The fourth-order valence-electron chi connectivity index (χ4n) is 3.71. The van der Waals surface area contributed by atoms with Gasteiger partial charge in [0.2, 0.25) is 5.91 Å². The van der Waals surface area contributed by atoms with Gasteiger partial charge < -0.3 is 23.6 Å². The third kappa shape index (κ3) is 4.85. The highest BCUT2D eigenvalue weighted by atomic mass is 16.5. The van der Waals surface area contributed by atoms with Gasteiger partial charge in [-0.15, -0.1) is 0 Å². The summed E-state index contributed by atoms with van der Waals surface area (Å²) in [6.45, 7) is 5.06. The van der Waals surface area contributed by atoms with Crippen LogP contribution in [0.5, 0.6) is 17.2 Å². The zero-order valence-electron chi connectivity index (χ0n) is 18.7. The summed E-state index contributed by atoms with van der Waals surface area (Å²) in [7, 11) is 3.17. The molecular weight excluding hydrogens is 410 g/mol. The molecule has 1 atom stereocenters. The molecule has 1 aliphatic rings. The molecule has 1 unspecified atom stereocenters. The number of aromatic nitrogens is 2. The lowest BCUT2D eigenvalue weighted by atomic mass is 10.1. The number of likely N-dealkylation sites (tertiary alicyclic amines) is 1. The summed E-state index contributed by atoms with van der Waals surface area (Å²) in [5.74, 6) is 2.94. The van der Waals surface area contributed by atoms with E-state index in [1.165, 1.54) is 0 Å². The molecule has 1 fully saturated rings. The predicted octanol–water partition coefficient (Wildman–Crippen LogP) is 4.06. The Balaban J connectivity index is 1.44. The highest BCUT2D eigenvalue weighted by molar-refractivity contribution is 5.79. The Kier molecular flexibility index (Phi) is 6.30. The Morgan fingerprint density at radius 3 is 2.38 bits per heavy atom. The van der Waals surface area contributed by atoms with E-state index < -0.39 is 0 Å². The number of methoxy groups -OCH3 is 2. The third-order valence-electron chi connectivity index (χ3n) is 5.29. The maximum absolute atomic E-state index is 12.6. The van der Waals surface area contributed by atoms with E-state index in [9.17, 15) is 4.79 Å². The molecule has 0 radical (unpaired) electrons. The van der Waals surface area contributed by atoms with E-state index in [1.807, 2.05) is 43.0 Å². The summed E-state index contributed by atoms with van der Waals surface area (Å²) in [4.78, 5) is 19.0. The molecule has 4 rings (SSSR count). The lowest BCUT2D eigenvalue weighted by molar-refractivity contribution is -0.128. The molecule has 2 heterocycles. The van der Waals surface area contributed by atoms with Crippen LogP contribution >= 0.6 is 0 Å². The van der Waals surface area contributed by atoms with E-state index in [1.54, 1.807) is 32.4 Å². The molecule has 0 bridgehead atoms. The number of rotatable bonds is 8. The van der Waals surface area contributed by atoms with Crippen LogP contribution in [0.1, 0.15) is 37.6 Å². The second kappa shape index (κ2) is 9.30. The summed E-state index contributed by atoms with van der Waals surface area (Å²) < 4.78 is 21.8. The van der Waals surface area contributed by atoms with Crippen LogP contribution in [0.4, 0.5) is 0 Å². The molecule has 1 amide bonds. The van der Waals surface area contributed by atoms with Gasteiger partial charge in [-0.3, -0.25) is 4.79 Å². The summed E-state index contributed by atoms with van der Waals surface area (Å²) >= 11 is 0. The van der Waals surface area contributed by atoms with Gasteiger partial charge in [-0.05, 0) is 43.7 Å². The fraction of sp³-hybridized carbons (Fsp3) is 0.375. The lowest BCUT2D eigenvalue weighted by Crippen LogP contribution is -2.24. The second-order valence-corrected chi connectivity index (χ2v) is 8.04. The summed E-state index contributed by atoms with van der Waals surface area (Å²) in [6, 6.07) is 13.2. The Hall–Kier alpha value is -3.55. The van der Waals surface area contributed by atoms with Crippen LogP contribution in [-0.4, -0.2) is 47.8 Å². The van der Waals surface area contributed by atoms with Crippen molar-refractivity contribution in [2.24, 2.45) is 0 Å². The molecule has 0 saturated carbocycles.